The van der Waals surface area contributed by atoms with Gasteiger partial charge in [-0.05, 0) is 23.4 Å². The first-order chi connectivity index (χ1) is 7.24. The highest BCUT2D eigenvalue weighted by Gasteiger charge is 2.12. The number of pyridine rings is 1. The van der Waals surface area contributed by atoms with Gasteiger partial charge in [0.25, 0.3) is 5.69 Å². The Balaban J connectivity index is 2.83. The summed E-state index contributed by atoms with van der Waals surface area (Å²) >= 11 is 0. The normalized spacial score (nSPS) is 10.5. The molecule has 0 aliphatic rings. The molecule has 0 saturated carbocycles. The number of fused-ring (bicyclic) bond motifs is 1. The maximum absolute atomic E-state index is 10.8. The number of hydrogen-bond donors (Lipinski definition) is 0. The highest BCUT2D eigenvalue weighted by molar-refractivity contribution is 5.92. The van der Waals surface area contributed by atoms with E-state index in [1.54, 1.807) is 24.5 Å². The first-order valence-electron chi connectivity index (χ1n) is 4.74. The summed E-state index contributed by atoms with van der Waals surface area (Å²) in [7, 11) is 0. The lowest BCUT2D eigenvalue weighted by atomic mass is 10.0. The van der Waals surface area contributed by atoms with Gasteiger partial charge >= 0.3 is 0 Å². The number of hydrogen-bond acceptors (Lipinski definition) is 3. The Kier molecular flexibility index (Phi) is 2.33. The van der Waals surface area contributed by atoms with Crippen LogP contribution in [0.1, 0.15) is 12.5 Å². The van der Waals surface area contributed by atoms with E-state index >= 15 is 0 Å². The molecule has 0 spiro atoms. The quantitative estimate of drug-likeness (QED) is 0.555. The Morgan fingerprint density at radius 1 is 1.33 bits per heavy atom. The van der Waals surface area contributed by atoms with Crippen LogP contribution in [0.5, 0.6) is 0 Å². The van der Waals surface area contributed by atoms with Crippen LogP contribution in [0.4, 0.5) is 5.69 Å². The Bertz CT molecular complexity index is 523. The van der Waals surface area contributed by atoms with Crippen molar-refractivity contribution in [2.24, 2.45) is 0 Å². The van der Waals surface area contributed by atoms with Gasteiger partial charge in [0, 0.05) is 18.5 Å². The first-order valence-corrected chi connectivity index (χ1v) is 4.74. The summed E-state index contributed by atoms with van der Waals surface area (Å²) in [6.45, 7) is 2.03. The van der Waals surface area contributed by atoms with Crippen LogP contribution in [0, 0.1) is 10.1 Å². The average molecular weight is 202 g/mol. The molecule has 1 aromatic heterocycles. The number of non-ortho nitro benzene ring substituents is 1. The van der Waals surface area contributed by atoms with E-state index < -0.39 is 0 Å². The van der Waals surface area contributed by atoms with Crippen molar-refractivity contribution in [2.75, 3.05) is 0 Å². The molecule has 76 valence electrons. The Morgan fingerprint density at radius 2 is 2.13 bits per heavy atom. The van der Waals surface area contributed by atoms with E-state index in [0.717, 1.165) is 17.4 Å². The molecule has 4 heteroatoms. The molecule has 0 aliphatic heterocycles. The van der Waals surface area contributed by atoms with Gasteiger partial charge in [0.2, 0.25) is 0 Å². The molecule has 2 aromatic rings. The molecule has 0 amide bonds. The van der Waals surface area contributed by atoms with E-state index in [1.165, 1.54) is 0 Å². The van der Waals surface area contributed by atoms with Gasteiger partial charge in [-0.15, -0.1) is 0 Å². The third-order valence-electron chi connectivity index (χ3n) is 2.46. The van der Waals surface area contributed by atoms with Gasteiger partial charge in [-0.1, -0.05) is 13.0 Å². The minimum absolute atomic E-state index is 0.121. The maximum Gasteiger partial charge on any atom is 0.278 e. The van der Waals surface area contributed by atoms with Gasteiger partial charge in [-0.25, -0.2) is 0 Å². The van der Waals surface area contributed by atoms with Crippen molar-refractivity contribution in [2.45, 2.75) is 13.3 Å². The van der Waals surface area contributed by atoms with E-state index in [2.05, 4.69) is 4.98 Å². The lowest BCUT2D eigenvalue weighted by Crippen LogP contribution is -1.92. The Hall–Kier alpha value is -1.97. The molecule has 0 fully saturated rings. The number of nitrogens with zero attached hydrogens (tertiary/aromatic N) is 2. The van der Waals surface area contributed by atoms with Crippen molar-refractivity contribution in [3.63, 3.8) is 0 Å². The van der Waals surface area contributed by atoms with Gasteiger partial charge in [-0.3, -0.25) is 15.1 Å². The molecule has 0 bridgehead atoms. The predicted octanol–water partition coefficient (Wildman–Crippen LogP) is 2.71. The summed E-state index contributed by atoms with van der Waals surface area (Å²) in [6.07, 6.45) is 4.07. The van der Waals surface area contributed by atoms with E-state index in [9.17, 15) is 10.1 Å². The van der Waals surface area contributed by atoms with Crippen molar-refractivity contribution in [3.8, 4) is 0 Å². The van der Waals surface area contributed by atoms with E-state index in [1.807, 2.05) is 13.0 Å². The monoisotopic (exact) mass is 202 g/mol. The number of rotatable bonds is 2. The van der Waals surface area contributed by atoms with Crippen LogP contribution in [0.25, 0.3) is 10.8 Å². The highest BCUT2D eigenvalue weighted by atomic mass is 16.6. The molecule has 0 atom stereocenters. The molecule has 1 aromatic carbocycles. The molecule has 15 heavy (non-hydrogen) atoms. The number of aromatic nitrogens is 1. The van der Waals surface area contributed by atoms with Gasteiger partial charge in [0.05, 0.1) is 10.3 Å². The topological polar surface area (TPSA) is 56.0 Å². The summed E-state index contributed by atoms with van der Waals surface area (Å²) in [4.78, 5) is 14.3. The van der Waals surface area contributed by atoms with Gasteiger partial charge in [0.1, 0.15) is 0 Å². The molecule has 0 saturated heterocycles. The molecule has 0 N–H and O–H groups in total. The number of benzene rings is 1. The van der Waals surface area contributed by atoms with Crippen LogP contribution in [0.2, 0.25) is 0 Å². The number of aryl methyl sites for hydroxylation is 1. The second-order valence-corrected chi connectivity index (χ2v) is 3.28. The van der Waals surface area contributed by atoms with Gasteiger partial charge in [0.15, 0.2) is 0 Å². The van der Waals surface area contributed by atoms with Gasteiger partial charge in [-0.2, -0.15) is 0 Å². The second-order valence-electron chi connectivity index (χ2n) is 3.28. The summed E-state index contributed by atoms with van der Waals surface area (Å²) in [6, 6.07) is 5.17. The molecular weight excluding hydrogens is 192 g/mol. The van der Waals surface area contributed by atoms with Crippen LogP contribution in [0.15, 0.2) is 30.6 Å². The van der Waals surface area contributed by atoms with Crippen molar-refractivity contribution in [3.05, 3.63) is 46.3 Å². The molecule has 4 nitrogen and oxygen atoms in total. The van der Waals surface area contributed by atoms with E-state index in [-0.39, 0.29) is 10.6 Å². The maximum atomic E-state index is 10.8. The lowest BCUT2D eigenvalue weighted by Gasteiger charge is -2.03. The molecule has 0 aliphatic carbocycles. The smallest absolute Gasteiger partial charge is 0.264 e. The van der Waals surface area contributed by atoms with Gasteiger partial charge < -0.3 is 0 Å². The SMILES string of the molecule is CCc1ccc([N+](=O)[O-])c2cnccc12. The highest BCUT2D eigenvalue weighted by Crippen LogP contribution is 2.27. The van der Waals surface area contributed by atoms with Crippen molar-refractivity contribution in [1.29, 1.82) is 0 Å². The van der Waals surface area contributed by atoms with Crippen LogP contribution in [-0.2, 0) is 6.42 Å². The number of nitro groups is 1. The fourth-order valence-corrected chi connectivity index (χ4v) is 1.71. The van der Waals surface area contributed by atoms with Crippen LogP contribution >= 0.6 is 0 Å². The third kappa shape index (κ3) is 1.54. The zero-order chi connectivity index (χ0) is 10.8. The predicted molar refractivity (Wildman–Crippen MR) is 57.8 cm³/mol. The molecule has 0 radical (unpaired) electrons. The third-order valence-corrected chi connectivity index (χ3v) is 2.46. The summed E-state index contributed by atoms with van der Waals surface area (Å²) in [5.41, 5.74) is 1.23. The van der Waals surface area contributed by atoms with Crippen molar-refractivity contribution in [1.82, 2.24) is 4.98 Å². The molecule has 1 heterocycles. The minimum atomic E-state index is -0.372. The van der Waals surface area contributed by atoms with Crippen molar-refractivity contribution < 1.29 is 4.92 Å². The Morgan fingerprint density at radius 3 is 2.80 bits per heavy atom. The second kappa shape index (κ2) is 3.65. The van der Waals surface area contributed by atoms with Crippen LogP contribution < -0.4 is 0 Å². The lowest BCUT2D eigenvalue weighted by molar-refractivity contribution is -0.383. The van der Waals surface area contributed by atoms with Crippen LogP contribution in [-0.4, -0.2) is 9.91 Å². The fraction of sp³-hybridized carbons (Fsp3) is 0.182. The fourth-order valence-electron chi connectivity index (χ4n) is 1.71. The molecule has 2 rings (SSSR count). The minimum Gasteiger partial charge on any atom is -0.264 e. The molecular formula is C11H10N2O2. The largest absolute Gasteiger partial charge is 0.278 e. The Labute approximate surface area is 86.7 Å². The summed E-state index contributed by atoms with van der Waals surface area (Å²) in [5, 5.41) is 12.3. The van der Waals surface area contributed by atoms with E-state index in [0.29, 0.717) is 5.39 Å². The van der Waals surface area contributed by atoms with Crippen LogP contribution in [0.3, 0.4) is 0 Å². The number of nitro benzene ring substituents is 1. The zero-order valence-electron chi connectivity index (χ0n) is 8.30. The van der Waals surface area contributed by atoms with Crippen molar-refractivity contribution >= 4 is 16.5 Å². The average Bonchev–Trinajstić information content (AvgIpc) is 2.27. The van der Waals surface area contributed by atoms with E-state index in [4.69, 9.17) is 0 Å². The molecule has 0 unspecified atom stereocenters. The zero-order valence-corrected chi connectivity index (χ0v) is 8.30. The standard InChI is InChI=1S/C11H10N2O2/c1-2-8-3-4-11(13(14)15)10-7-12-6-5-9(8)10/h3-7H,2H2,1H3. The summed E-state index contributed by atoms with van der Waals surface area (Å²) in [5.74, 6) is 0. The first kappa shape index (κ1) is 9.58. The summed E-state index contributed by atoms with van der Waals surface area (Å²) < 4.78 is 0.